The number of anilines is 1. The van der Waals surface area contributed by atoms with Crippen LogP contribution in [0.1, 0.15) is 37.3 Å². The van der Waals surface area contributed by atoms with Crippen LogP contribution >= 0.6 is 11.6 Å². The van der Waals surface area contributed by atoms with Crippen LogP contribution in [0.3, 0.4) is 0 Å². The van der Waals surface area contributed by atoms with Crippen LogP contribution in [0.5, 0.6) is 5.75 Å². The van der Waals surface area contributed by atoms with Gasteiger partial charge >= 0.3 is 0 Å². The highest BCUT2D eigenvalue weighted by molar-refractivity contribution is 6.32. The zero-order valence-corrected chi connectivity index (χ0v) is 15.0. The van der Waals surface area contributed by atoms with Crippen LogP contribution < -0.4 is 10.1 Å². The molecule has 2 rings (SSSR count). The number of benzene rings is 2. The number of halogens is 1. The molecule has 0 spiro atoms. The minimum atomic E-state index is 0.00301. The van der Waals surface area contributed by atoms with Crippen LogP contribution in [-0.4, -0.2) is 13.0 Å². The molecule has 0 atom stereocenters. The molecule has 0 saturated heterocycles. The molecule has 24 heavy (non-hydrogen) atoms. The highest BCUT2D eigenvalue weighted by Gasteiger charge is 2.06. The van der Waals surface area contributed by atoms with E-state index in [0.29, 0.717) is 23.6 Å². The van der Waals surface area contributed by atoms with E-state index >= 15 is 0 Å². The molecule has 3 nitrogen and oxygen atoms in total. The highest BCUT2D eigenvalue weighted by atomic mass is 35.5. The van der Waals surface area contributed by atoms with Gasteiger partial charge < -0.3 is 10.1 Å². The Morgan fingerprint density at radius 2 is 1.79 bits per heavy atom. The molecule has 0 aliphatic carbocycles. The number of aryl methyl sites for hydroxylation is 2. The number of methoxy groups -OCH3 is 1. The summed E-state index contributed by atoms with van der Waals surface area (Å²) in [6, 6.07) is 13.7. The second-order valence-electron chi connectivity index (χ2n) is 5.82. The van der Waals surface area contributed by atoms with Crippen molar-refractivity contribution in [1.82, 2.24) is 0 Å². The number of hydrogen-bond acceptors (Lipinski definition) is 2. The first-order valence-electron chi connectivity index (χ1n) is 8.33. The van der Waals surface area contributed by atoms with Crippen molar-refractivity contribution in [3.63, 3.8) is 0 Å². The Morgan fingerprint density at radius 3 is 2.42 bits per heavy atom. The van der Waals surface area contributed by atoms with E-state index in [0.717, 1.165) is 17.7 Å². The number of carbonyl (C=O) groups is 1. The van der Waals surface area contributed by atoms with Gasteiger partial charge in [-0.25, -0.2) is 0 Å². The summed E-state index contributed by atoms with van der Waals surface area (Å²) in [4.78, 5) is 12.1. The van der Waals surface area contributed by atoms with Gasteiger partial charge in [-0.2, -0.15) is 0 Å². The Bertz CT molecular complexity index is 668. The van der Waals surface area contributed by atoms with Gasteiger partial charge in [-0.3, -0.25) is 4.79 Å². The molecule has 0 aromatic heterocycles. The Hall–Kier alpha value is -2.00. The molecule has 1 N–H and O–H groups in total. The zero-order valence-electron chi connectivity index (χ0n) is 14.3. The number of ether oxygens (including phenoxy) is 1. The van der Waals surface area contributed by atoms with Gasteiger partial charge in [-0.15, -0.1) is 0 Å². The topological polar surface area (TPSA) is 38.3 Å². The molecule has 4 heteroatoms. The molecule has 0 radical (unpaired) electrons. The minimum absolute atomic E-state index is 0.00301. The quantitative estimate of drug-likeness (QED) is 0.708. The van der Waals surface area contributed by atoms with Crippen LogP contribution in [0.4, 0.5) is 5.69 Å². The first-order chi connectivity index (χ1) is 11.6. The highest BCUT2D eigenvalue weighted by Crippen LogP contribution is 2.25. The average Bonchev–Trinajstić information content (AvgIpc) is 2.59. The lowest BCUT2D eigenvalue weighted by Crippen LogP contribution is -2.12. The maximum absolute atomic E-state index is 12.1. The Morgan fingerprint density at radius 1 is 1.08 bits per heavy atom. The van der Waals surface area contributed by atoms with E-state index in [1.807, 2.05) is 30.3 Å². The average molecular weight is 346 g/mol. The van der Waals surface area contributed by atoms with Crippen molar-refractivity contribution < 1.29 is 9.53 Å². The fourth-order valence-corrected chi connectivity index (χ4v) is 2.76. The maximum Gasteiger partial charge on any atom is 0.224 e. The van der Waals surface area contributed by atoms with Crippen molar-refractivity contribution in [3.05, 3.63) is 58.6 Å². The van der Waals surface area contributed by atoms with Gasteiger partial charge in [0.15, 0.2) is 0 Å². The normalized spacial score (nSPS) is 10.5. The van der Waals surface area contributed by atoms with Crippen LogP contribution in [0, 0.1) is 0 Å². The number of carbonyl (C=O) groups excluding carboxylic acids is 1. The molecule has 0 bridgehead atoms. The van der Waals surface area contributed by atoms with Crippen molar-refractivity contribution in [2.75, 3.05) is 12.4 Å². The zero-order chi connectivity index (χ0) is 17.4. The maximum atomic E-state index is 12.1. The summed E-state index contributed by atoms with van der Waals surface area (Å²) < 4.78 is 5.13. The van der Waals surface area contributed by atoms with E-state index in [4.69, 9.17) is 16.3 Å². The summed E-state index contributed by atoms with van der Waals surface area (Å²) in [7, 11) is 1.59. The summed E-state index contributed by atoms with van der Waals surface area (Å²) in [5, 5.41) is 3.50. The van der Waals surface area contributed by atoms with E-state index in [-0.39, 0.29) is 5.91 Å². The summed E-state index contributed by atoms with van der Waals surface area (Å²) >= 11 is 6.10. The van der Waals surface area contributed by atoms with E-state index in [1.165, 1.54) is 18.4 Å². The Labute approximate surface area is 149 Å². The first kappa shape index (κ1) is 18.3. The number of nitrogens with one attached hydrogen (secondary N) is 1. The van der Waals surface area contributed by atoms with Crippen molar-refractivity contribution in [3.8, 4) is 5.75 Å². The molecule has 2 aromatic rings. The second kappa shape index (κ2) is 9.33. The summed E-state index contributed by atoms with van der Waals surface area (Å²) in [5.74, 6) is 0.649. The molecule has 2 aromatic carbocycles. The van der Waals surface area contributed by atoms with Gasteiger partial charge in [0.1, 0.15) is 5.75 Å². The molecule has 128 valence electrons. The lowest BCUT2D eigenvalue weighted by Gasteiger charge is -2.08. The summed E-state index contributed by atoms with van der Waals surface area (Å²) in [6.45, 7) is 2.19. The fourth-order valence-electron chi connectivity index (χ4n) is 2.48. The molecule has 0 saturated carbocycles. The smallest absolute Gasteiger partial charge is 0.224 e. The van der Waals surface area contributed by atoms with E-state index in [1.54, 1.807) is 7.11 Å². The van der Waals surface area contributed by atoms with Crippen LogP contribution in [0.25, 0.3) is 0 Å². The third-order valence-corrected chi connectivity index (χ3v) is 4.21. The second-order valence-corrected chi connectivity index (χ2v) is 6.22. The first-order valence-corrected chi connectivity index (χ1v) is 8.71. The van der Waals surface area contributed by atoms with Gasteiger partial charge in [0.2, 0.25) is 5.91 Å². The molecular formula is C20H24ClNO2. The number of hydrogen-bond donors (Lipinski definition) is 1. The van der Waals surface area contributed by atoms with Crippen molar-refractivity contribution in [2.45, 2.75) is 39.0 Å². The molecule has 1 amide bonds. The molecule has 0 aliphatic rings. The summed E-state index contributed by atoms with van der Waals surface area (Å²) in [6.07, 6.45) is 4.53. The van der Waals surface area contributed by atoms with E-state index in [2.05, 4.69) is 24.4 Å². The van der Waals surface area contributed by atoms with Crippen LogP contribution in [0.15, 0.2) is 42.5 Å². The van der Waals surface area contributed by atoms with Crippen molar-refractivity contribution >= 4 is 23.2 Å². The van der Waals surface area contributed by atoms with Crippen molar-refractivity contribution in [2.24, 2.45) is 0 Å². The predicted molar refractivity (Wildman–Crippen MR) is 100 cm³/mol. The molecule has 0 fully saturated rings. The number of unbranched alkanes of at least 4 members (excludes halogenated alkanes) is 1. The lowest BCUT2D eigenvalue weighted by molar-refractivity contribution is -0.116. The largest absolute Gasteiger partial charge is 0.495 e. The van der Waals surface area contributed by atoms with Crippen molar-refractivity contribution in [1.29, 1.82) is 0 Å². The number of rotatable bonds is 8. The Balaban J connectivity index is 1.83. The number of amides is 1. The predicted octanol–water partition coefficient (Wildman–Crippen LogP) is 5.26. The van der Waals surface area contributed by atoms with Gasteiger partial charge in [-0.1, -0.05) is 43.1 Å². The van der Waals surface area contributed by atoms with Crippen LogP contribution in [-0.2, 0) is 17.6 Å². The van der Waals surface area contributed by atoms with Gasteiger partial charge in [0.25, 0.3) is 0 Å². The standard InChI is InChI=1S/C20H24ClNO2/c1-3-4-5-15-6-10-17(11-7-15)22-20(23)13-9-16-8-12-19(24-2)18(21)14-16/h6-8,10-12,14H,3-5,9,13H2,1-2H3,(H,22,23). The Kier molecular flexibility index (Phi) is 7.13. The summed E-state index contributed by atoms with van der Waals surface area (Å²) in [5.41, 5.74) is 3.17. The van der Waals surface area contributed by atoms with Gasteiger partial charge in [-0.05, 0) is 54.7 Å². The third kappa shape index (κ3) is 5.57. The van der Waals surface area contributed by atoms with E-state index in [9.17, 15) is 4.79 Å². The monoisotopic (exact) mass is 345 g/mol. The van der Waals surface area contributed by atoms with Crippen LogP contribution in [0.2, 0.25) is 5.02 Å². The molecule has 0 aliphatic heterocycles. The van der Waals surface area contributed by atoms with E-state index < -0.39 is 0 Å². The molecular weight excluding hydrogens is 322 g/mol. The third-order valence-electron chi connectivity index (χ3n) is 3.91. The SMILES string of the molecule is CCCCc1ccc(NC(=O)CCc2ccc(OC)c(Cl)c2)cc1. The molecule has 0 unspecified atom stereocenters. The fraction of sp³-hybridized carbons (Fsp3) is 0.350. The lowest BCUT2D eigenvalue weighted by atomic mass is 10.1. The van der Waals surface area contributed by atoms with Gasteiger partial charge in [0.05, 0.1) is 12.1 Å². The van der Waals surface area contributed by atoms with Gasteiger partial charge in [0, 0.05) is 12.1 Å². The molecule has 0 heterocycles. The minimum Gasteiger partial charge on any atom is -0.495 e.